The summed E-state index contributed by atoms with van der Waals surface area (Å²) in [6.07, 6.45) is 4.49. The SMILES string of the molecule is CC(C)(CNCCCCCCO)c1ccccc1. The Hall–Kier alpha value is -0.860. The summed E-state index contributed by atoms with van der Waals surface area (Å²) in [5.74, 6) is 0. The molecule has 0 fully saturated rings. The Kier molecular flexibility index (Phi) is 6.99. The van der Waals surface area contributed by atoms with Crippen molar-refractivity contribution in [3.05, 3.63) is 35.9 Å². The highest BCUT2D eigenvalue weighted by molar-refractivity contribution is 5.23. The van der Waals surface area contributed by atoms with Crippen molar-refractivity contribution in [1.82, 2.24) is 5.32 Å². The third kappa shape index (κ3) is 5.65. The first-order chi connectivity index (χ1) is 8.67. The number of nitrogens with one attached hydrogen (secondary N) is 1. The molecule has 102 valence electrons. The van der Waals surface area contributed by atoms with Crippen LogP contribution in [0.5, 0.6) is 0 Å². The van der Waals surface area contributed by atoms with Crippen LogP contribution in [0, 0.1) is 0 Å². The van der Waals surface area contributed by atoms with Gasteiger partial charge < -0.3 is 10.4 Å². The average molecular weight is 249 g/mol. The topological polar surface area (TPSA) is 32.3 Å². The van der Waals surface area contributed by atoms with Crippen molar-refractivity contribution in [2.24, 2.45) is 0 Å². The lowest BCUT2D eigenvalue weighted by molar-refractivity contribution is 0.282. The van der Waals surface area contributed by atoms with Crippen LogP contribution in [-0.4, -0.2) is 24.8 Å². The van der Waals surface area contributed by atoms with E-state index in [1.807, 2.05) is 0 Å². The summed E-state index contributed by atoms with van der Waals surface area (Å²) in [4.78, 5) is 0. The highest BCUT2D eigenvalue weighted by Crippen LogP contribution is 2.21. The fourth-order valence-corrected chi connectivity index (χ4v) is 2.11. The summed E-state index contributed by atoms with van der Waals surface area (Å²) in [5, 5.41) is 12.2. The van der Waals surface area contributed by atoms with Gasteiger partial charge in [0.15, 0.2) is 0 Å². The molecule has 0 aliphatic carbocycles. The minimum Gasteiger partial charge on any atom is -0.396 e. The number of hydrogen-bond acceptors (Lipinski definition) is 2. The number of aliphatic hydroxyl groups is 1. The molecule has 0 aromatic heterocycles. The van der Waals surface area contributed by atoms with Crippen molar-refractivity contribution >= 4 is 0 Å². The van der Waals surface area contributed by atoms with Gasteiger partial charge in [-0.2, -0.15) is 0 Å². The molecule has 0 aliphatic rings. The molecule has 0 saturated carbocycles. The standard InChI is InChI=1S/C16H27NO/c1-16(2,15-10-6-5-7-11-15)14-17-12-8-3-4-9-13-18/h5-7,10-11,17-18H,3-4,8-9,12-14H2,1-2H3. The van der Waals surface area contributed by atoms with Gasteiger partial charge in [0.05, 0.1) is 0 Å². The summed E-state index contributed by atoms with van der Waals surface area (Å²) >= 11 is 0. The lowest BCUT2D eigenvalue weighted by atomic mass is 9.84. The van der Waals surface area contributed by atoms with Gasteiger partial charge in [0.1, 0.15) is 0 Å². The Balaban J connectivity index is 2.18. The van der Waals surface area contributed by atoms with Gasteiger partial charge in [-0.1, -0.05) is 57.0 Å². The first-order valence-corrected chi connectivity index (χ1v) is 7.04. The zero-order valence-electron chi connectivity index (χ0n) is 11.8. The van der Waals surface area contributed by atoms with Crippen LogP contribution in [-0.2, 0) is 5.41 Å². The van der Waals surface area contributed by atoms with Crippen molar-refractivity contribution in [3.63, 3.8) is 0 Å². The zero-order valence-corrected chi connectivity index (χ0v) is 11.8. The second-order valence-electron chi connectivity index (χ2n) is 5.56. The minimum atomic E-state index is 0.187. The maximum atomic E-state index is 8.69. The molecule has 1 aromatic carbocycles. The summed E-state index contributed by atoms with van der Waals surface area (Å²) < 4.78 is 0. The summed E-state index contributed by atoms with van der Waals surface area (Å²) in [5.41, 5.74) is 1.57. The van der Waals surface area contributed by atoms with Gasteiger partial charge >= 0.3 is 0 Å². The van der Waals surface area contributed by atoms with Gasteiger partial charge in [0, 0.05) is 18.6 Å². The van der Waals surface area contributed by atoms with E-state index in [0.717, 1.165) is 25.9 Å². The first-order valence-electron chi connectivity index (χ1n) is 7.04. The predicted molar refractivity (Wildman–Crippen MR) is 77.9 cm³/mol. The molecule has 0 bridgehead atoms. The number of benzene rings is 1. The fraction of sp³-hybridized carbons (Fsp3) is 0.625. The second kappa shape index (κ2) is 8.28. The van der Waals surface area contributed by atoms with E-state index in [0.29, 0.717) is 6.61 Å². The van der Waals surface area contributed by atoms with E-state index < -0.39 is 0 Å². The van der Waals surface area contributed by atoms with E-state index in [1.165, 1.54) is 18.4 Å². The molecule has 0 amide bonds. The maximum Gasteiger partial charge on any atom is 0.0431 e. The first kappa shape index (κ1) is 15.2. The van der Waals surface area contributed by atoms with Crippen molar-refractivity contribution in [2.45, 2.75) is 44.9 Å². The van der Waals surface area contributed by atoms with E-state index in [4.69, 9.17) is 5.11 Å². The molecular formula is C16H27NO. The Labute approximate surface area is 111 Å². The second-order valence-corrected chi connectivity index (χ2v) is 5.56. The van der Waals surface area contributed by atoms with Gasteiger partial charge in [0.2, 0.25) is 0 Å². The molecule has 2 nitrogen and oxygen atoms in total. The van der Waals surface area contributed by atoms with Gasteiger partial charge in [0.25, 0.3) is 0 Å². The Morgan fingerprint density at radius 2 is 1.67 bits per heavy atom. The van der Waals surface area contributed by atoms with Crippen LogP contribution in [0.3, 0.4) is 0 Å². The van der Waals surface area contributed by atoms with Crippen LogP contribution in [0.1, 0.15) is 45.1 Å². The maximum absolute atomic E-state index is 8.69. The quantitative estimate of drug-likeness (QED) is 0.659. The van der Waals surface area contributed by atoms with Crippen molar-refractivity contribution in [3.8, 4) is 0 Å². The van der Waals surface area contributed by atoms with Crippen molar-refractivity contribution in [1.29, 1.82) is 0 Å². The minimum absolute atomic E-state index is 0.187. The van der Waals surface area contributed by atoms with Crippen LogP contribution in [0.4, 0.5) is 0 Å². The van der Waals surface area contributed by atoms with Crippen molar-refractivity contribution in [2.75, 3.05) is 19.7 Å². The molecule has 0 aliphatic heterocycles. The van der Waals surface area contributed by atoms with Gasteiger partial charge in [-0.05, 0) is 24.9 Å². The Morgan fingerprint density at radius 3 is 2.33 bits per heavy atom. The van der Waals surface area contributed by atoms with Crippen LogP contribution >= 0.6 is 0 Å². The van der Waals surface area contributed by atoms with E-state index >= 15 is 0 Å². The van der Waals surface area contributed by atoms with Crippen LogP contribution in [0.2, 0.25) is 0 Å². The van der Waals surface area contributed by atoms with Crippen LogP contribution < -0.4 is 5.32 Å². The normalized spacial score (nSPS) is 11.7. The number of rotatable bonds is 9. The van der Waals surface area contributed by atoms with E-state index in [1.54, 1.807) is 0 Å². The molecule has 1 rings (SSSR count). The van der Waals surface area contributed by atoms with Gasteiger partial charge in [-0.25, -0.2) is 0 Å². The third-order valence-corrected chi connectivity index (χ3v) is 3.38. The summed E-state index contributed by atoms with van der Waals surface area (Å²) in [6.45, 7) is 6.97. The van der Waals surface area contributed by atoms with Crippen LogP contribution in [0.25, 0.3) is 0 Å². The largest absolute Gasteiger partial charge is 0.396 e. The number of hydrogen-bond donors (Lipinski definition) is 2. The molecule has 0 radical (unpaired) electrons. The molecule has 0 heterocycles. The van der Waals surface area contributed by atoms with Gasteiger partial charge in [-0.3, -0.25) is 0 Å². The van der Waals surface area contributed by atoms with E-state index in [2.05, 4.69) is 49.5 Å². The molecule has 0 saturated heterocycles. The Bertz CT molecular complexity index is 308. The van der Waals surface area contributed by atoms with E-state index in [-0.39, 0.29) is 5.41 Å². The predicted octanol–water partition coefficient (Wildman–Crippen LogP) is 3.11. The highest BCUT2D eigenvalue weighted by Gasteiger charge is 2.19. The lowest BCUT2D eigenvalue weighted by Crippen LogP contribution is -2.33. The molecule has 0 atom stereocenters. The molecule has 2 N–H and O–H groups in total. The molecule has 1 aromatic rings. The van der Waals surface area contributed by atoms with Crippen LogP contribution in [0.15, 0.2) is 30.3 Å². The third-order valence-electron chi connectivity index (χ3n) is 3.38. The lowest BCUT2D eigenvalue weighted by Gasteiger charge is -2.25. The monoisotopic (exact) mass is 249 g/mol. The number of unbranched alkanes of at least 4 members (excludes halogenated alkanes) is 3. The molecule has 0 unspecified atom stereocenters. The van der Waals surface area contributed by atoms with Crippen molar-refractivity contribution < 1.29 is 5.11 Å². The number of aliphatic hydroxyl groups excluding tert-OH is 1. The zero-order chi connectivity index (χ0) is 13.3. The van der Waals surface area contributed by atoms with E-state index in [9.17, 15) is 0 Å². The molecule has 18 heavy (non-hydrogen) atoms. The highest BCUT2D eigenvalue weighted by atomic mass is 16.2. The van der Waals surface area contributed by atoms with Gasteiger partial charge in [-0.15, -0.1) is 0 Å². The molecule has 0 spiro atoms. The average Bonchev–Trinajstić information content (AvgIpc) is 2.39. The molecule has 2 heteroatoms. The Morgan fingerprint density at radius 1 is 1.00 bits per heavy atom. The smallest absolute Gasteiger partial charge is 0.0431 e. The molecular weight excluding hydrogens is 222 g/mol. The summed E-state index contributed by atoms with van der Waals surface area (Å²) in [6, 6.07) is 10.7. The summed E-state index contributed by atoms with van der Waals surface area (Å²) in [7, 11) is 0. The fourth-order valence-electron chi connectivity index (χ4n) is 2.11.